The summed E-state index contributed by atoms with van der Waals surface area (Å²) in [6, 6.07) is 2.46. The number of carbonyl (C=O) groups is 2. The number of nitrogens with one attached hydrogen (secondary N) is 1. The van der Waals surface area contributed by atoms with Gasteiger partial charge in [-0.1, -0.05) is 6.07 Å². The molecule has 0 aliphatic heterocycles. The van der Waals surface area contributed by atoms with Gasteiger partial charge in [-0.15, -0.1) is 11.3 Å². The van der Waals surface area contributed by atoms with Gasteiger partial charge >= 0.3 is 5.97 Å². The van der Waals surface area contributed by atoms with Crippen molar-refractivity contribution >= 4 is 23.2 Å². The largest absolute Gasteiger partial charge is 0.481 e. The number of rotatable bonds is 5. The van der Waals surface area contributed by atoms with Crippen molar-refractivity contribution in [2.45, 2.75) is 25.4 Å². The van der Waals surface area contributed by atoms with Crippen LogP contribution in [0.25, 0.3) is 0 Å². The molecule has 0 radical (unpaired) electrons. The molecule has 0 fully saturated rings. The van der Waals surface area contributed by atoms with Crippen LogP contribution in [0.4, 0.5) is 0 Å². The Morgan fingerprint density at radius 2 is 2.31 bits per heavy atom. The number of carbonyl (C=O) groups excluding carboxylic acids is 1. The molecule has 0 saturated carbocycles. The van der Waals surface area contributed by atoms with Crippen molar-refractivity contribution in [2.75, 3.05) is 0 Å². The Balaban J connectivity index is 2.72. The van der Waals surface area contributed by atoms with Crippen molar-refractivity contribution in [1.82, 2.24) is 5.32 Å². The van der Waals surface area contributed by atoms with E-state index < -0.39 is 18.1 Å². The topological polar surface area (TPSA) is 92.4 Å². The van der Waals surface area contributed by atoms with Gasteiger partial charge in [0.1, 0.15) is 0 Å². The summed E-state index contributed by atoms with van der Waals surface area (Å²) in [6.45, 7) is 1.56. The zero-order chi connectivity index (χ0) is 12.1. The molecule has 2 atom stereocenters. The second-order valence-corrected chi connectivity index (χ2v) is 4.44. The second kappa shape index (κ2) is 5.62. The molecule has 1 amide bonds. The van der Waals surface area contributed by atoms with Crippen molar-refractivity contribution in [3.63, 3.8) is 0 Å². The maximum atomic E-state index is 11.4. The van der Waals surface area contributed by atoms with Gasteiger partial charge in [-0.25, -0.2) is 0 Å². The van der Waals surface area contributed by atoms with Crippen LogP contribution in [0, 0.1) is 0 Å². The van der Waals surface area contributed by atoms with Crippen LogP contribution in [0.2, 0.25) is 0 Å². The summed E-state index contributed by atoms with van der Waals surface area (Å²) >= 11 is 1.41. The Bertz CT molecular complexity index is 362. The van der Waals surface area contributed by atoms with Gasteiger partial charge in [0.15, 0.2) is 0 Å². The average Bonchev–Trinajstić information content (AvgIpc) is 2.68. The average molecular weight is 242 g/mol. The van der Waals surface area contributed by atoms with Gasteiger partial charge < -0.3 is 16.2 Å². The second-order valence-electron chi connectivity index (χ2n) is 3.46. The number of carboxylic acid groups (broad SMARTS) is 1. The summed E-state index contributed by atoms with van der Waals surface area (Å²) in [5.74, 6) is -1.30. The van der Waals surface area contributed by atoms with E-state index in [-0.39, 0.29) is 12.3 Å². The molecular formula is C10H14N2O3S. The fourth-order valence-corrected chi connectivity index (χ4v) is 1.97. The van der Waals surface area contributed by atoms with Crippen LogP contribution >= 0.6 is 11.3 Å². The fraction of sp³-hybridized carbons (Fsp3) is 0.400. The van der Waals surface area contributed by atoms with E-state index in [1.165, 1.54) is 11.3 Å². The molecule has 1 unspecified atom stereocenters. The van der Waals surface area contributed by atoms with E-state index in [2.05, 4.69) is 5.32 Å². The van der Waals surface area contributed by atoms with Crippen molar-refractivity contribution < 1.29 is 14.7 Å². The summed E-state index contributed by atoms with van der Waals surface area (Å²) in [5, 5.41) is 13.2. The standard InChI is InChI=1S/C10H14N2O3S/c1-6(11)10(15)12-7(5-9(13)14)8-3-2-4-16-8/h2-4,6-7H,5,11H2,1H3,(H,12,15)(H,13,14)/t6-,7?/m1/s1. The van der Waals surface area contributed by atoms with E-state index in [0.717, 1.165) is 4.88 Å². The van der Waals surface area contributed by atoms with E-state index in [1.807, 2.05) is 11.4 Å². The van der Waals surface area contributed by atoms with E-state index in [4.69, 9.17) is 10.8 Å². The maximum Gasteiger partial charge on any atom is 0.305 e. The van der Waals surface area contributed by atoms with E-state index in [1.54, 1.807) is 13.0 Å². The van der Waals surface area contributed by atoms with Crippen LogP contribution in [0.1, 0.15) is 24.3 Å². The molecule has 1 aromatic rings. The SMILES string of the molecule is C[C@@H](N)C(=O)NC(CC(=O)O)c1cccs1. The summed E-state index contributed by atoms with van der Waals surface area (Å²) in [4.78, 5) is 22.9. The minimum absolute atomic E-state index is 0.140. The van der Waals surface area contributed by atoms with E-state index in [9.17, 15) is 9.59 Å². The van der Waals surface area contributed by atoms with Gasteiger partial charge in [-0.2, -0.15) is 0 Å². The molecule has 4 N–H and O–H groups in total. The zero-order valence-electron chi connectivity index (χ0n) is 8.84. The number of aliphatic carboxylic acids is 1. The number of thiophene rings is 1. The monoisotopic (exact) mass is 242 g/mol. The number of nitrogens with two attached hydrogens (primary N) is 1. The third-order valence-electron chi connectivity index (χ3n) is 2.00. The Morgan fingerprint density at radius 3 is 2.75 bits per heavy atom. The van der Waals surface area contributed by atoms with Crippen molar-refractivity contribution in [1.29, 1.82) is 0 Å². The molecule has 6 heteroatoms. The molecule has 0 bridgehead atoms. The molecule has 0 spiro atoms. The molecule has 5 nitrogen and oxygen atoms in total. The smallest absolute Gasteiger partial charge is 0.305 e. The van der Waals surface area contributed by atoms with Crippen LogP contribution in [0.15, 0.2) is 17.5 Å². The summed E-state index contributed by atoms with van der Waals surface area (Å²) in [5.41, 5.74) is 5.41. The third kappa shape index (κ3) is 3.63. The van der Waals surface area contributed by atoms with Crippen molar-refractivity contribution in [2.24, 2.45) is 5.73 Å². The first kappa shape index (κ1) is 12.7. The molecule has 0 aliphatic rings. The number of carboxylic acids is 1. The van der Waals surface area contributed by atoms with E-state index >= 15 is 0 Å². The molecule has 1 rings (SSSR count). The Kier molecular flexibility index (Phi) is 4.45. The third-order valence-corrected chi connectivity index (χ3v) is 2.98. The quantitative estimate of drug-likeness (QED) is 0.709. The van der Waals surface area contributed by atoms with Crippen molar-refractivity contribution in [3.8, 4) is 0 Å². The predicted molar refractivity (Wildman–Crippen MR) is 61.1 cm³/mol. The lowest BCUT2D eigenvalue weighted by Gasteiger charge is -2.16. The molecule has 16 heavy (non-hydrogen) atoms. The lowest BCUT2D eigenvalue weighted by Crippen LogP contribution is -2.40. The van der Waals surface area contributed by atoms with Crippen LogP contribution in [-0.4, -0.2) is 23.0 Å². The van der Waals surface area contributed by atoms with Gasteiger partial charge in [0.2, 0.25) is 5.91 Å². The van der Waals surface area contributed by atoms with Crippen LogP contribution in [0.5, 0.6) is 0 Å². The first-order valence-electron chi connectivity index (χ1n) is 4.82. The normalized spacial score (nSPS) is 14.1. The molecule has 1 aromatic heterocycles. The van der Waals surface area contributed by atoms with Gasteiger partial charge in [0, 0.05) is 4.88 Å². The summed E-state index contributed by atoms with van der Waals surface area (Å²) in [6.07, 6.45) is -0.140. The van der Waals surface area contributed by atoms with Crippen molar-refractivity contribution in [3.05, 3.63) is 22.4 Å². The van der Waals surface area contributed by atoms with Gasteiger partial charge in [-0.3, -0.25) is 9.59 Å². The molecule has 1 heterocycles. The highest BCUT2D eigenvalue weighted by Gasteiger charge is 2.20. The first-order valence-corrected chi connectivity index (χ1v) is 5.70. The van der Waals surface area contributed by atoms with Gasteiger partial charge in [0.25, 0.3) is 0 Å². The van der Waals surface area contributed by atoms with Crippen LogP contribution < -0.4 is 11.1 Å². The first-order chi connectivity index (χ1) is 7.50. The predicted octanol–water partition coefficient (Wildman–Crippen LogP) is 0.727. The Morgan fingerprint density at radius 1 is 1.62 bits per heavy atom. The van der Waals surface area contributed by atoms with Crippen LogP contribution in [0.3, 0.4) is 0 Å². The van der Waals surface area contributed by atoms with E-state index in [0.29, 0.717) is 0 Å². The lowest BCUT2D eigenvalue weighted by molar-refractivity contribution is -0.137. The Labute approximate surface area is 97.3 Å². The highest BCUT2D eigenvalue weighted by Crippen LogP contribution is 2.21. The Hall–Kier alpha value is -1.40. The number of hydrogen-bond acceptors (Lipinski definition) is 4. The summed E-state index contributed by atoms with van der Waals surface area (Å²) in [7, 11) is 0. The molecular weight excluding hydrogens is 228 g/mol. The van der Waals surface area contributed by atoms with Gasteiger partial charge in [-0.05, 0) is 18.4 Å². The molecule has 0 aliphatic carbocycles. The van der Waals surface area contributed by atoms with Crippen LogP contribution in [-0.2, 0) is 9.59 Å². The number of amides is 1. The molecule has 0 aromatic carbocycles. The maximum absolute atomic E-state index is 11.4. The number of hydrogen-bond donors (Lipinski definition) is 3. The minimum Gasteiger partial charge on any atom is -0.481 e. The molecule has 88 valence electrons. The highest BCUT2D eigenvalue weighted by molar-refractivity contribution is 7.10. The molecule has 0 saturated heterocycles. The highest BCUT2D eigenvalue weighted by atomic mass is 32.1. The fourth-order valence-electron chi connectivity index (χ4n) is 1.19. The zero-order valence-corrected chi connectivity index (χ0v) is 9.66. The minimum atomic E-state index is -0.955. The lowest BCUT2D eigenvalue weighted by atomic mass is 10.1. The summed E-state index contributed by atoms with van der Waals surface area (Å²) < 4.78 is 0. The van der Waals surface area contributed by atoms with Gasteiger partial charge in [0.05, 0.1) is 18.5 Å².